The minimum absolute atomic E-state index is 0. The van der Waals surface area contributed by atoms with Gasteiger partial charge in [0.15, 0.2) is 0 Å². The Labute approximate surface area is 503 Å². The number of nitrogens with one attached hydrogen (secondary N) is 1. The number of halogens is 14. The van der Waals surface area contributed by atoms with Gasteiger partial charge in [0.05, 0.1) is 19.6 Å². The molecule has 0 atom stereocenters. The van der Waals surface area contributed by atoms with Gasteiger partial charge in [-0.05, 0) is 207 Å². The Morgan fingerprint density at radius 2 is 0.561 bits per heavy atom. The minimum atomic E-state index is -3.67. The molecule has 9 heterocycles. The van der Waals surface area contributed by atoms with Crippen LogP contribution < -0.4 is 36.0 Å². The zero-order valence-corrected chi connectivity index (χ0v) is 54.8. The third-order valence-corrected chi connectivity index (χ3v) is 19.0. The van der Waals surface area contributed by atoms with Crippen molar-refractivity contribution in [1.82, 2.24) is 14.7 Å². The SMILES string of the molecule is C1CN2CCN1CC2.CCOCC.Cc1c(C)c(C)c(CCl)c(C)c1C.Cc1c(C)c(C)c(C[N+]23CCN(CC2)CC3)c(C)c1C.Cc1c(C)c(C)c(C[N+]23CC[NH+](CC2)CC3)c(C)c1C.FB(F)F.FB(F)F.FB(F)F.[Br-].[F-].[F-].[F-]. The van der Waals surface area contributed by atoms with E-state index in [0.717, 1.165) is 13.2 Å². The van der Waals surface area contributed by atoms with E-state index in [1.54, 1.807) is 33.4 Å². The van der Waals surface area contributed by atoms with Crippen molar-refractivity contribution in [2.75, 3.05) is 131 Å². The van der Waals surface area contributed by atoms with E-state index in [1.807, 2.05) is 18.7 Å². The van der Waals surface area contributed by atoms with Crippen molar-refractivity contribution in [3.8, 4) is 0 Å². The maximum absolute atomic E-state index is 9.67. The molecule has 0 aromatic heterocycles. The molecule has 9 saturated heterocycles. The number of benzene rings is 3. The van der Waals surface area contributed by atoms with Crippen molar-refractivity contribution in [3.63, 3.8) is 0 Å². The van der Waals surface area contributed by atoms with Crippen LogP contribution in [0.15, 0.2) is 0 Å². The van der Waals surface area contributed by atoms with Crippen LogP contribution in [-0.4, -0.2) is 177 Å². The van der Waals surface area contributed by atoms with Crippen molar-refractivity contribution >= 4 is 34.2 Å². The van der Waals surface area contributed by atoms with Gasteiger partial charge in [0.2, 0.25) is 0 Å². The predicted molar refractivity (Wildman–Crippen MR) is 311 cm³/mol. The molecule has 6 bridgehead atoms. The van der Waals surface area contributed by atoms with E-state index in [4.69, 9.17) is 16.3 Å². The van der Waals surface area contributed by atoms with Crippen LogP contribution in [0.4, 0.5) is 38.8 Å². The van der Waals surface area contributed by atoms with E-state index in [9.17, 15) is 38.8 Å². The van der Waals surface area contributed by atoms with Crippen LogP contribution in [0.5, 0.6) is 0 Å². The third kappa shape index (κ3) is 25.1. The molecule has 9 aliphatic rings. The summed E-state index contributed by atoms with van der Waals surface area (Å²) in [4.78, 5) is 9.56. The average Bonchev–Trinajstić information content (AvgIpc) is 3.43. The number of ether oxygens (including phenoxy) is 1. The lowest BCUT2D eigenvalue weighted by Crippen LogP contribution is -3.19. The van der Waals surface area contributed by atoms with Crippen LogP contribution in [-0.2, 0) is 23.7 Å². The van der Waals surface area contributed by atoms with Crippen molar-refractivity contribution < 1.29 is 88.5 Å². The zero-order valence-electron chi connectivity index (χ0n) is 52.4. The summed E-state index contributed by atoms with van der Waals surface area (Å²) in [6.07, 6.45) is 0. The van der Waals surface area contributed by atoms with Gasteiger partial charge in [0.1, 0.15) is 52.4 Å². The highest BCUT2D eigenvalue weighted by atomic mass is 79.9. The molecular formula is C58H98B3BrClF12N6O-. The molecule has 0 radical (unpaired) electrons. The summed E-state index contributed by atoms with van der Waals surface area (Å²) in [6, 6.07) is 0. The summed E-state index contributed by atoms with van der Waals surface area (Å²) in [5.74, 6) is 0.625. The van der Waals surface area contributed by atoms with E-state index < -0.39 is 22.6 Å². The molecule has 474 valence electrons. The van der Waals surface area contributed by atoms with Gasteiger partial charge in [0, 0.05) is 89.1 Å². The maximum Gasteiger partial charge on any atom is 0.762 e. The van der Waals surface area contributed by atoms with E-state index >= 15 is 0 Å². The Hall–Kier alpha value is -2.50. The van der Waals surface area contributed by atoms with Crippen molar-refractivity contribution in [1.29, 1.82) is 0 Å². The highest BCUT2D eigenvalue weighted by Gasteiger charge is 2.42. The number of alkyl halides is 1. The van der Waals surface area contributed by atoms with Gasteiger partial charge in [-0.2, -0.15) is 0 Å². The van der Waals surface area contributed by atoms with E-state index in [0.29, 0.717) is 5.88 Å². The summed E-state index contributed by atoms with van der Waals surface area (Å²) in [7, 11) is -11.0. The third-order valence-electron chi connectivity index (χ3n) is 18.7. The second-order valence-corrected chi connectivity index (χ2v) is 22.6. The van der Waals surface area contributed by atoms with Crippen LogP contribution in [0.2, 0.25) is 0 Å². The van der Waals surface area contributed by atoms with Gasteiger partial charge >= 0.3 is 22.6 Å². The molecule has 9 fully saturated rings. The Morgan fingerprint density at radius 1 is 0.366 bits per heavy atom. The van der Waals surface area contributed by atoms with Gasteiger partial charge in [-0.3, -0.25) is 53.5 Å². The van der Waals surface area contributed by atoms with Gasteiger partial charge in [-0.25, -0.2) is 0 Å². The molecular weight excluding hydrogens is 1170 g/mol. The number of hydrogen-bond acceptors (Lipinski definition) is 4. The van der Waals surface area contributed by atoms with Gasteiger partial charge in [0.25, 0.3) is 0 Å². The van der Waals surface area contributed by atoms with Crippen LogP contribution in [0.3, 0.4) is 0 Å². The minimum Gasteiger partial charge on any atom is -1.00 e. The molecule has 0 amide bonds. The molecule has 0 spiro atoms. The molecule has 0 saturated carbocycles. The van der Waals surface area contributed by atoms with E-state index in [-0.39, 0.29) is 31.1 Å². The van der Waals surface area contributed by atoms with Crippen LogP contribution in [0.1, 0.15) is 114 Å². The van der Waals surface area contributed by atoms with Gasteiger partial charge < -0.3 is 49.7 Å². The summed E-state index contributed by atoms with van der Waals surface area (Å²) < 4.78 is 94.5. The second kappa shape index (κ2) is 40.1. The normalized spacial score (nSPS) is 21.7. The van der Waals surface area contributed by atoms with Crippen LogP contribution >= 0.6 is 11.6 Å². The Morgan fingerprint density at radius 3 is 0.756 bits per heavy atom. The Kier molecular flexibility index (Phi) is 40.9. The zero-order chi connectivity index (χ0) is 59.4. The van der Waals surface area contributed by atoms with Crippen molar-refractivity contribution in [3.05, 3.63) is 100 Å². The lowest BCUT2D eigenvalue weighted by atomic mass is 9.88. The molecule has 24 heteroatoms. The number of rotatable bonds is 7. The Bertz CT molecular complexity index is 2060. The fourth-order valence-electron chi connectivity index (χ4n) is 11.9. The summed E-state index contributed by atoms with van der Waals surface area (Å²) in [6.45, 7) is 66.4. The largest absolute Gasteiger partial charge is 1.00 e. The van der Waals surface area contributed by atoms with Crippen molar-refractivity contribution in [2.24, 2.45) is 0 Å². The smallest absolute Gasteiger partial charge is 0.762 e. The van der Waals surface area contributed by atoms with Gasteiger partial charge in [-0.1, -0.05) is 0 Å². The quantitative estimate of drug-likeness (QED) is 0.151. The molecule has 0 aliphatic carbocycles. The van der Waals surface area contributed by atoms with Gasteiger partial charge in [-0.15, -0.1) is 11.6 Å². The summed E-state index contributed by atoms with van der Waals surface area (Å²) in [5.41, 5.74) is 26.7. The molecule has 9 aliphatic heterocycles. The highest BCUT2D eigenvalue weighted by Crippen LogP contribution is 2.33. The number of fused-ring (bicyclic) bond motifs is 9. The first-order chi connectivity index (χ1) is 36.4. The predicted octanol–water partition coefficient (Wildman–Crippen LogP) is -0.384. The fourth-order valence-corrected chi connectivity index (χ4v) is 12.3. The lowest BCUT2D eigenvalue weighted by molar-refractivity contribution is -1.08. The van der Waals surface area contributed by atoms with E-state index in [2.05, 4.69) is 119 Å². The number of piperazine rings is 9. The topological polar surface area (TPSA) is 23.4 Å². The summed E-state index contributed by atoms with van der Waals surface area (Å²) >= 11 is 5.93. The van der Waals surface area contributed by atoms with Crippen LogP contribution in [0.25, 0.3) is 0 Å². The second-order valence-electron chi connectivity index (χ2n) is 22.3. The summed E-state index contributed by atoms with van der Waals surface area (Å²) in [5, 5.41) is 0. The first kappa shape index (κ1) is 83.7. The fraction of sp³-hybridized carbons (Fsp3) is 0.690. The maximum atomic E-state index is 9.67. The Balaban J connectivity index is -0.000000938. The first-order valence-electron chi connectivity index (χ1n) is 28.2. The monoisotopic (exact) mass is 1270 g/mol. The number of quaternary nitrogens is 3. The lowest BCUT2D eigenvalue weighted by Gasteiger charge is -2.51. The molecule has 3 aromatic rings. The first-order valence-corrected chi connectivity index (χ1v) is 28.8. The van der Waals surface area contributed by atoms with Crippen LogP contribution in [0, 0.1) is 104 Å². The molecule has 1 N–H and O–H groups in total. The molecule has 7 nitrogen and oxygen atoms in total. The number of hydrogen-bond donors (Lipinski definition) is 1. The van der Waals surface area contributed by atoms with E-state index in [1.165, 1.54) is 207 Å². The standard InChI is InChI=1S/2C18H29N2.C12H17Cl.C6H12N2.C4H10O.3BF3.BrH.3FH/c2*1-13-14(2)16(4)18(17(5)15(13)3)12-20-9-6-19(7-10-20)8-11-20;1-7-8(2)10(4)12(6-13)11(5)9(7)3;1-2-8-5-3-7(1)4-6-8;1-3-5-4-2;3*2-1(3)4;;;;/h2*6-12H2,1-5H3;6H2,1-5H3;1-6H2;3-4H2,1-2H3;;;;4*1H/q2*+1;;;;;;;;;;/p-3. The number of nitrogens with zero attached hydrogens (tertiary/aromatic N) is 5. The average molecular weight is 1270 g/mol. The molecule has 82 heavy (non-hydrogen) atoms. The molecule has 3 aromatic carbocycles. The molecule has 0 unspecified atom stereocenters. The highest BCUT2D eigenvalue weighted by molar-refractivity contribution is 6.33. The van der Waals surface area contributed by atoms with Crippen molar-refractivity contribution in [2.45, 2.75) is 137 Å². The molecule has 12 rings (SSSR count).